The Hall–Kier alpha value is -3.69. The van der Waals surface area contributed by atoms with Crippen LogP contribution in [0.2, 0.25) is 0 Å². The van der Waals surface area contributed by atoms with E-state index in [-0.39, 0.29) is 17.6 Å². The van der Waals surface area contributed by atoms with Crippen molar-refractivity contribution in [1.29, 1.82) is 0 Å². The molecule has 0 atom stereocenters. The molecule has 0 spiro atoms. The zero-order valence-electron chi connectivity index (χ0n) is 20.2. The van der Waals surface area contributed by atoms with Crippen molar-refractivity contribution in [1.82, 2.24) is 19.3 Å². The lowest BCUT2D eigenvalue weighted by Crippen LogP contribution is -2.50. The Morgan fingerprint density at radius 1 is 1.15 bits per heavy atom. The number of pyridine rings is 2. The number of piperazine rings is 1. The van der Waals surface area contributed by atoms with Crippen LogP contribution in [0.3, 0.4) is 0 Å². The molecule has 0 radical (unpaired) electrons. The van der Waals surface area contributed by atoms with Gasteiger partial charge in [0.1, 0.15) is 11.4 Å². The fourth-order valence-electron chi connectivity index (χ4n) is 3.81. The van der Waals surface area contributed by atoms with E-state index in [1.165, 1.54) is 6.07 Å². The summed E-state index contributed by atoms with van der Waals surface area (Å²) in [6, 6.07) is 3.32. The highest BCUT2D eigenvalue weighted by Gasteiger charge is 2.26. The molecule has 9 nitrogen and oxygen atoms in total. The average Bonchev–Trinajstić information content (AvgIpc) is 3.15. The molecule has 0 bridgehead atoms. The van der Waals surface area contributed by atoms with Gasteiger partial charge < -0.3 is 24.7 Å². The molecule has 4 rings (SSSR count). The van der Waals surface area contributed by atoms with Crippen LogP contribution in [0.15, 0.2) is 35.7 Å². The highest BCUT2D eigenvalue weighted by atomic mass is 19.1. The van der Waals surface area contributed by atoms with E-state index >= 15 is 0 Å². The van der Waals surface area contributed by atoms with Crippen LogP contribution in [0.25, 0.3) is 5.65 Å². The first-order valence-corrected chi connectivity index (χ1v) is 11.2. The van der Waals surface area contributed by atoms with E-state index in [2.05, 4.69) is 19.9 Å². The summed E-state index contributed by atoms with van der Waals surface area (Å²) in [5.74, 6) is 0.173. The number of carbonyl (C=O) groups is 1. The van der Waals surface area contributed by atoms with Gasteiger partial charge in [0.25, 0.3) is 0 Å². The van der Waals surface area contributed by atoms with Crippen molar-refractivity contribution in [2.75, 3.05) is 31.1 Å². The number of ether oxygens (including phenoxy) is 1. The van der Waals surface area contributed by atoms with Crippen LogP contribution >= 0.6 is 0 Å². The molecule has 1 aliphatic heterocycles. The van der Waals surface area contributed by atoms with Crippen LogP contribution in [-0.4, -0.2) is 63.0 Å². The molecule has 10 heteroatoms. The summed E-state index contributed by atoms with van der Waals surface area (Å²) in [4.78, 5) is 29.3. The summed E-state index contributed by atoms with van der Waals surface area (Å²) in [6.07, 6.45) is 4.88. The van der Waals surface area contributed by atoms with Gasteiger partial charge in [0.2, 0.25) is 0 Å². The third kappa shape index (κ3) is 5.11. The number of carbonyl (C=O) groups excluding carboxylic acids is 1. The predicted molar refractivity (Wildman–Crippen MR) is 129 cm³/mol. The van der Waals surface area contributed by atoms with Gasteiger partial charge in [-0.1, -0.05) is 0 Å². The average molecular weight is 468 g/mol. The highest BCUT2D eigenvalue weighted by Crippen LogP contribution is 2.24. The van der Waals surface area contributed by atoms with Crippen molar-refractivity contribution in [3.63, 3.8) is 0 Å². The zero-order valence-corrected chi connectivity index (χ0v) is 20.2. The van der Waals surface area contributed by atoms with Crippen molar-refractivity contribution in [3.8, 4) is 0 Å². The molecule has 0 aliphatic carbocycles. The monoisotopic (exact) mass is 467 g/mol. The number of fused-ring (bicyclic) bond motifs is 1. The second-order valence-corrected chi connectivity index (χ2v) is 9.48. The zero-order chi connectivity index (χ0) is 24.6. The molecule has 34 heavy (non-hydrogen) atoms. The topological polar surface area (TPSA) is 101 Å². The van der Waals surface area contributed by atoms with Crippen molar-refractivity contribution in [2.45, 2.75) is 40.2 Å². The van der Waals surface area contributed by atoms with Gasteiger partial charge in [0.05, 0.1) is 17.6 Å². The quantitative estimate of drug-likeness (QED) is 0.467. The summed E-state index contributed by atoms with van der Waals surface area (Å²) in [5.41, 5.74) is 8.87. The largest absolute Gasteiger partial charge is 0.444 e. The molecule has 0 unspecified atom stereocenters. The minimum Gasteiger partial charge on any atom is -0.444 e. The standard InChI is InChI=1S/C24H30FN7O2/c1-15-10-18(30-6-8-31(9-7-30)23(33)34-24(3,4)5)12-27-21(15)29-20(26)17-11-19(25)22-28-16(2)13-32(22)14-17/h10-14H,6-9H2,1-5H3,(H2,26,27,29). The van der Waals surface area contributed by atoms with Gasteiger partial charge in [0.15, 0.2) is 17.3 Å². The number of rotatable bonds is 3. The molecule has 3 aromatic rings. The number of anilines is 1. The number of hydrogen-bond acceptors (Lipinski definition) is 6. The van der Waals surface area contributed by atoms with Gasteiger partial charge in [-0.15, -0.1) is 0 Å². The lowest BCUT2D eigenvalue weighted by atomic mass is 10.2. The smallest absolute Gasteiger partial charge is 0.410 e. The SMILES string of the molecule is Cc1cn2cc(C(N)=Nc3ncc(N4CCN(C(=O)OC(C)(C)C)CC4)cc3C)cc(F)c2n1. The van der Waals surface area contributed by atoms with Crippen LogP contribution in [-0.2, 0) is 4.74 Å². The van der Waals surface area contributed by atoms with E-state index in [0.29, 0.717) is 43.3 Å². The molecule has 1 amide bonds. The Kier molecular flexibility index (Phi) is 6.16. The van der Waals surface area contributed by atoms with Gasteiger partial charge in [-0.05, 0) is 52.3 Å². The summed E-state index contributed by atoms with van der Waals surface area (Å²) in [5, 5.41) is 0. The van der Waals surface area contributed by atoms with Crippen LogP contribution in [0, 0.1) is 19.7 Å². The summed E-state index contributed by atoms with van der Waals surface area (Å²) >= 11 is 0. The fourth-order valence-corrected chi connectivity index (χ4v) is 3.81. The lowest BCUT2D eigenvalue weighted by molar-refractivity contribution is 0.0240. The third-order valence-corrected chi connectivity index (χ3v) is 5.48. The van der Waals surface area contributed by atoms with E-state index in [1.54, 1.807) is 34.8 Å². The second-order valence-electron chi connectivity index (χ2n) is 9.48. The van der Waals surface area contributed by atoms with E-state index < -0.39 is 11.4 Å². The normalized spacial score (nSPS) is 15.2. The molecule has 1 aliphatic rings. The molecular weight excluding hydrogens is 437 g/mol. The van der Waals surface area contributed by atoms with Crippen LogP contribution < -0.4 is 10.6 Å². The first kappa shape index (κ1) is 23.5. The van der Waals surface area contributed by atoms with Gasteiger partial charge >= 0.3 is 6.09 Å². The number of aromatic nitrogens is 3. The second kappa shape index (κ2) is 8.92. The minimum atomic E-state index is -0.511. The predicted octanol–water partition coefficient (Wildman–Crippen LogP) is 3.58. The number of hydrogen-bond donors (Lipinski definition) is 1. The highest BCUT2D eigenvalue weighted by molar-refractivity contribution is 5.99. The minimum absolute atomic E-state index is 0.168. The summed E-state index contributed by atoms with van der Waals surface area (Å²) in [7, 11) is 0. The summed E-state index contributed by atoms with van der Waals surface area (Å²) in [6.45, 7) is 11.8. The van der Waals surface area contributed by atoms with Gasteiger partial charge in [-0.25, -0.2) is 24.1 Å². The summed E-state index contributed by atoms with van der Waals surface area (Å²) < 4.78 is 21.5. The van der Waals surface area contributed by atoms with Crippen molar-refractivity contribution < 1.29 is 13.9 Å². The molecular formula is C24H30FN7O2. The number of nitrogens with zero attached hydrogens (tertiary/aromatic N) is 6. The maximum atomic E-state index is 14.4. The van der Waals surface area contributed by atoms with Gasteiger partial charge in [-0.2, -0.15) is 0 Å². The number of nitrogens with two attached hydrogens (primary N) is 1. The Labute approximate surface area is 198 Å². The van der Waals surface area contributed by atoms with Crippen molar-refractivity contribution in [3.05, 3.63) is 53.4 Å². The van der Waals surface area contributed by atoms with Crippen molar-refractivity contribution >= 4 is 29.1 Å². The number of amidine groups is 1. The Bertz CT molecular complexity index is 1250. The number of aliphatic imine (C=N–C) groups is 1. The molecule has 0 aromatic carbocycles. The lowest BCUT2D eigenvalue weighted by Gasteiger charge is -2.36. The van der Waals surface area contributed by atoms with Gasteiger partial charge in [0, 0.05) is 44.1 Å². The molecule has 180 valence electrons. The maximum absolute atomic E-state index is 14.4. The molecule has 4 heterocycles. The van der Waals surface area contributed by atoms with E-state index in [0.717, 1.165) is 11.3 Å². The fraction of sp³-hybridized carbons (Fsp3) is 0.417. The van der Waals surface area contributed by atoms with Crippen LogP contribution in [0.5, 0.6) is 0 Å². The number of amides is 1. The Balaban J connectivity index is 1.46. The van der Waals surface area contributed by atoms with E-state index in [9.17, 15) is 9.18 Å². The number of halogens is 1. The van der Waals surface area contributed by atoms with E-state index in [4.69, 9.17) is 10.5 Å². The third-order valence-electron chi connectivity index (χ3n) is 5.48. The first-order valence-electron chi connectivity index (χ1n) is 11.2. The molecule has 2 N–H and O–H groups in total. The Morgan fingerprint density at radius 3 is 2.50 bits per heavy atom. The van der Waals surface area contributed by atoms with Crippen molar-refractivity contribution in [2.24, 2.45) is 10.7 Å². The molecule has 1 saturated heterocycles. The van der Waals surface area contributed by atoms with Gasteiger partial charge in [-0.3, -0.25) is 0 Å². The first-order chi connectivity index (χ1) is 16.0. The maximum Gasteiger partial charge on any atom is 0.410 e. The van der Waals surface area contributed by atoms with Crippen LogP contribution in [0.1, 0.15) is 37.6 Å². The molecule has 3 aromatic heterocycles. The number of aryl methyl sites for hydroxylation is 2. The number of imidazole rings is 1. The van der Waals surface area contributed by atoms with E-state index in [1.807, 2.05) is 33.8 Å². The van der Waals surface area contributed by atoms with Crippen LogP contribution in [0.4, 0.5) is 20.7 Å². The molecule has 1 fully saturated rings. The Morgan fingerprint density at radius 2 is 1.85 bits per heavy atom. The molecule has 0 saturated carbocycles.